The number of hydrogen-bond acceptors (Lipinski definition) is 1. The topological polar surface area (TPSA) is 9.23 Å². The van der Waals surface area contributed by atoms with Crippen LogP contribution in [0.2, 0.25) is 6.55 Å². The summed E-state index contributed by atoms with van der Waals surface area (Å²) in [6, 6.07) is 8.66. The minimum absolute atomic E-state index is 0.434. The zero-order chi connectivity index (χ0) is 9.03. The molecule has 1 aromatic carbocycles. The normalized spacial score (nSPS) is 11.2. The Labute approximate surface area is 71.3 Å². The molecule has 0 saturated heterocycles. The molecule has 1 nitrogen and oxygen atoms in total. The number of hydrogen-bond donors (Lipinski definition) is 0. The van der Waals surface area contributed by atoms with Crippen molar-refractivity contribution in [2.75, 3.05) is 6.23 Å². The van der Waals surface area contributed by atoms with Crippen molar-refractivity contribution in [3.63, 3.8) is 0 Å². The first-order chi connectivity index (χ1) is 5.58. The van der Waals surface area contributed by atoms with Gasteiger partial charge in [-0.1, -0.05) is 18.2 Å². The number of rotatable bonds is 3. The summed E-state index contributed by atoms with van der Waals surface area (Å²) in [5.41, 5.74) is 0. The Morgan fingerprint density at radius 1 is 1.25 bits per heavy atom. The van der Waals surface area contributed by atoms with Gasteiger partial charge in [-0.05, 0) is 18.7 Å². The quantitative estimate of drug-likeness (QED) is 0.523. The molecule has 0 saturated carbocycles. The Balaban J connectivity index is 2.44. The molecule has 0 aliphatic carbocycles. The molecule has 0 amide bonds. The molecule has 0 heterocycles. The van der Waals surface area contributed by atoms with Crippen molar-refractivity contribution in [2.45, 2.75) is 6.55 Å². The van der Waals surface area contributed by atoms with Crippen LogP contribution in [-0.2, 0) is 0 Å². The van der Waals surface area contributed by atoms with Gasteiger partial charge in [0, 0.05) is 0 Å². The molecule has 0 bridgehead atoms. The predicted octanol–water partition coefficient (Wildman–Crippen LogP) is 2.62. The predicted molar refractivity (Wildman–Crippen MR) is 45.8 cm³/mol. The zero-order valence-electron chi connectivity index (χ0n) is 6.76. The van der Waals surface area contributed by atoms with E-state index in [0.717, 1.165) is 6.55 Å². The van der Waals surface area contributed by atoms with Crippen LogP contribution in [0.4, 0.5) is 8.22 Å². The van der Waals surface area contributed by atoms with Crippen molar-refractivity contribution in [1.82, 2.24) is 0 Å². The minimum Gasteiger partial charge on any atom is -0.491 e. The maximum absolute atomic E-state index is 12.4. The van der Waals surface area contributed by atoms with E-state index in [1.807, 2.05) is 6.07 Å². The zero-order valence-corrected chi connectivity index (χ0v) is 7.76. The first kappa shape index (κ1) is 9.19. The Bertz CT molecular complexity index is 233. The van der Waals surface area contributed by atoms with Crippen LogP contribution in [0.1, 0.15) is 0 Å². The number of ether oxygens (including phenoxy) is 1. The lowest BCUT2D eigenvalue weighted by Crippen LogP contribution is -2.27. The largest absolute Gasteiger partial charge is 0.491 e. The van der Waals surface area contributed by atoms with Gasteiger partial charge in [-0.3, -0.25) is 8.22 Å². The van der Waals surface area contributed by atoms with E-state index in [0.29, 0.717) is 5.75 Å². The maximum atomic E-state index is 12.4. The van der Waals surface area contributed by atoms with Crippen LogP contribution in [0, 0.1) is 0 Å². The summed E-state index contributed by atoms with van der Waals surface area (Å²) in [7, 11) is -4.06. The second kappa shape index (κ2) is 3.67. The molecular weight excluding hydrogens is 178 g/mol. The molecule has 0 atom stereocenters. The molecule has 0 spiro atoms. The second-order valence-corrected chi connectivity index (χ2v) is 5.10. The fourth-order valence-corrected chi connectivity index (χ4v) is 1.15. The van der Waals surface area contributed by atoms with Crippen LogP contribution < -0.4 is 4.74 Å². The summed E-state index contributed by atoms with van der Waals surface area (Å²) in [6.45, 7) is 0.968. The highest BCUT2D eigenvalue weighted by Crippen LogP contribution is 2.12. The van der Waals surface area contributed by atoms with Gasteiger partial charge in [0.15, 0.2) is 0 Å². The van der Waals surface area contributed by atoms with Crippen LogP contribution >= 0.6 is 0 Å². The van der Waals surface area contributed by atoms with E-state index >= 15 is 0 Å². The highest BCUT2D eigenvalue weighted by atomic mass is 28.4. The van der Waals surface area contributed by atoms with Crippen LogP contribution in [0.15, 0.2) is 30.3 Å². The molecule has 0 aromatic heterocycles. The molecule has 1 rings (SSSR count). The fourth-order valence-electron chi connectivity index (χ4n) is 0.727. The van der Waals surface area contributed by atoms with Crippen molar-refractivity contribution in [2.24, 2.45) is 0 Å². The Hall–Kier alpha value is -0.903. The molecule has 0 aliphatic rings. The van der Waals surface area contributed by atoms with Crippen LogP contribution in [0.3, 0.4) is 0 Å². The SMILES string of the molecule is C[Si](F)(F)COc1ccccc1. The van der Waals surface area contributed by atoms with E-state index in [-0.39, 0.29) is 0 Å². The van der Waals surface area contributed by atoms with E-state index in [9.17, 15) is 8.22 Å². The van der Waals surface area contributed by atoms with E-state index in [1.54, 1.807) is 24.3 Å². The first-order valence-corrected chi connectivity index (χ1v) is 6.10. The molecule has 12 heavy (non-hydrogen) atoms. The second-order valence-electron chi connectivity index (χ2n) is 2.67. The Morgan fingerprint density at radius 2 is 1.83 bits per heavy atom. The number of benzene rings is 1. The van der Waals surface area contributed by atoms with E-state index in [1.165, 1.54) is 0 Å². The summed E-state index contributed by atoms with van der Waals surface area (Å²) in [4.78, 5) is 0. The lowest BCUT2D eigenvalue weighted by molar-refractivity contribution is 0.347. The Kier molecular flexibility index (Phi) is 2.81. The van der Waals surface area contributed by atoms with Gasteiger partial charge < -0.3 is 4.74 Å². The van der Waals surface area contributed by atoms with Crippen LogP contribution in [-0.4, -0.2) is 15.0 Å². The van der Waals surface area contributed by atoms with Crippen molar-refractivity contribution in [3.8, 4) is 5.75 Å². The molecule has 0 N–H and O–H groups in total. The standard InChI is InChI=1S/C8H10F2OSi/c1-12(9,10)7-11-8-5-3-2-4-6-8/h2-6H,7H2,1H3. The van der Waals surface area contributed by atoms with Crippen molar-refractivity contribution in [3.05, 3.63) is 30.3 Å². The molecular formula is C8H10F2OSi. The molecule has 66 valence electrons. The van der Waals surface area contributed by atoms with Crippen LogP contribution in [0.5, 0.6) is 5.75 Å². The van der Waals surface area contributed by atoms with Gasteiger partial charge in [-0.25, -0.2) is 0 Å². The third-order valence-corrected chi connectivity index (χ3v) is 1.89. The van der Waals surface area contributed by atoms with Gasteiger partial charge in [0.25, 0.3) is 0 Å². The fraction of sp³-hybridized carbons (Fsp3) is 0.250. The molecule has 4 heteroatoms. The summed E-state index contributed by atoms with van der Waals surface area (Å²) >= 11 is 0. The van der Waals surface area contributed by atoms with Crippen LogP contribution in [0.25, 0.3) is 0 Å². The summed E-state index contributed by atoms with van der Waals surface area (Å²) in [5.74, 6) is 0.506. The number of halogens is 2. The lowest BCUT2D eigenvalue weighted by atomic mass is 10.3. The minimum atomic E-state index is -4.06. The highest BCUT2D eigenvalue weighted by Gasteiger charge is 2.28. The van der Waals surface area contributed by atoms with E-state index < -0.39 is 15.0 Å². The maximum Gasteiger partial charge on any atom is 0.457 e. The highest BCUT2D eigenvalue weighted by molar-refractivity contribution is 6.64. The molecule has 1 aromatic rings. The van der Waals surface area contributed by atoms with Gasteiger partial charge in [0.2, 0.25) is 0 Å². The van der Waals surface area contributed by atoms with Crippen molar-refractivity contribution in [1.29, 1.82) is 0 Å². The molecule has 0 unspecified atom stereocenters. The van der Waals surface area contributed by atoms with E-state index in [2.05, 4.69) is 0 Å². The van der Waals surface area contributed by atoms with Gasteiger partial charge >= 0.3 is 8.74 Å². The summed E-state index contributed by atoms with van der Waals surface area (Å²) in [6.07, 6.45) is -0.434. The first-order valence-electron chi connectivity index (χ1n) is 3.64. The van der Waals surface area contributed by atoms with Crippen molar-refractivity contribution >= 4 is 8.74 Å². The van der Waals surface area contributed by atoms with Gasteiger partial charge in [-0.2, -0.15) is 0 Å². The monoisotopic (exact) mass is 188 g/mol. The Morgan fingerprint density at radius 3 is 2.33 bits per heavy atom. The number of para-hydroxylation sites is 1. The molecule has 0 fully saturated rings. The van der Waals surface area contributed by atoms with Gasteiger partial charge in [0.1, 0.15) is 12.0 Å². The lowest BCUT2D eigenvalue weighted by Gasteiger charge is -2.08. The smallest absolute Gasteiger partial charge is 0.457 e. The van der Waals surface area contributed by atoms with E-state index in [4.69, 9.17) is 4.74 Å². The third-order valence-electron chi connectivity index (χ3n) is 1.24. The van der Waals surface area contributed by atoms with Crippen molar-refractivity contribution < 1.29 is 13.0 Å². The summed E-state index contributed by atoms with van der Waals surface area (Å²) < 4.78 is 29.7. The average Bonchev–Trinajstić information content (AvgIpc) is 2.02. The summed E-state index contributed by atoms with van der Waals surface area (Å²) in [5, 5.41) is 0. The third kappa shape index (κ3) is 3.48. The molecule has 0 radical (unpaired) electrons. The van der Waals surface area contributed by atoms with Gasteiger partial charge in [-0.15, -0.1) is 0 Å². The van der Waals surface area contributed by atoms with Gasteiger partial charge in [0.05, 0.1) is 0 Å². The molecule has 0 aliphatic heterocycles. The average molecular weight is 188 g/mol.